The molecule has 1 aliphatic heterocycles. The van der Waals surface area contributed by atoms with E-state index in [0.29, 0.717) is 5.57 Å². The van der Waals surface area contributed by atoms with E-state index >= 15 is 0 Å². The summed E-state index contributed by atoms with van der Waals surface area (Å²) < 4.78 is 0. The normalized spacial score (nSPS) is 24.9. The van der Waals surface area contributed by atoms with Crippen LogP contribution in [-0.4, -0.2) is 22.8 Å². The van der Waals surface area contributed by atoms with Gasteiger partial charge in [0.05, 0.1) is 6.42 Å². The number of nitrogens with zero attached hydrogens (tertiary/aromatic N) is 1. The van der Waals surface area contributed by atoms with Crippen LogP contribution in [0.4, 0.5) is 0 Å². The minimum Gasteiger partial charge on any atom is -0.275 e. The quantitative estimate of drug-likeness (QED) is 0.469. The zero-order chi connectivity index (χ0) is 10.1. The summed E-state index contributed by atoms with van der Waals surface area (Å²) in [6, 6.07) is 0.156. The van der Waals surface area contributed by atoms with Crippen molar-refractivity contribution in [3.05, 3.63) is 12.2 Å². The summed E-state index contributed by atoms with van der Waals surface area (Å²) in [7, 11) is 0. The first kappa shape index (κ1) is 9.44. The molecular formula is C11H15NO2. The highest BCUT2D eigenvalue weighted by molar-refractivity contribution is 6.13. The van der Waals surface area contributed by atoms with Gasteiger partial charge in [-0.1, -0.05) is 25.8 Å². The van der Waals surface area contributed by atoms with Gasteiger partial charge in [0, 0.05) is 11.6 Å². The number of imide groups is 1. The molecule has 76 valence electrons. The van der Waals surface area contributed by atoms with E-state index in [2.05, 4.69) is 6.58 Å². The molecule has 1 heterocycles. The second kappa shape index (κ2) is 3.56. The van der Waals surface area contributed by atoms with E-state index in [1.807, 2.05) is 0 Å². The molecule has 0 unspecified atom stereocenters. The lowest BCUT2D eigenvalue weighted by Gasteiger charge is -2.29. The van der Waals surface area contributed by atoms with Crippen molar-refractivity contribution >= 4 is 11.8 Å². The van der Waals surface area contributed by atoms with Gasteiger partial charge < -0.3 is 0 Å². The average molecular weight is 193 g/mol. The molecule has 3 heteroatoms. The first-order valence-corrected chi connectivity index (χ1v) is 5.24. The van der Waals surface area contributed by atoms with E-state index in [1.165, 1.54) is 11.3 Å². The molecule has 0 spiro atoms. The van der Waals surface area contributed by atoms with Crippen LogP contribution in [0.25, 0.3) is 0 Å². The lowest BCUT2D eigenvalue weighted by atomic mass is 9.94. The molecule has 1 aliphatic carbocycles. The number of hydrogen-bond acceptors (Lipinski definition) is 2. The third-order valence-electron chi connectivity index (χ3n) is 3.09. The lowest BCUT2D eigenvalue weighted by Crippen LogP contribution is -2.40. The Morgan fingerprint density at radius 1 is 1.14 bits per heavy atom. The molecule has 3 nitrogen and oxygen atoms in total. The minimum atomic E-state index is -0.137. The first-order valence-electron chi connectivity index (χ1n) is 5.24. The SMILES string of the molecule is C=C1CC(=O)N(C2CCCCC2)C1=O. The zero-order valence-electron chi connectivity index (χ0n) is 8.29. The first-order chi connectivity index (χ1) is 6.70. The molecule has 1 saturated carbocycles. The maximum Gasteiger partial charge on any atom is 0.256 e. The predicted octanol–water partition coefficient (Wildman–Crippen LogP) is 1.63. The van der Waals surface area contributed by atoms with E-state index in [1.54, 1.807) is 0 Å². The van der Waals surface area contributed by atoms with Gasteiger partial charge in [-0.3, -0.25) is 14.5 Å². The predicted molar refractivity (Wildman–Crippen MR) is 52.5 cm³/mol. The molecule has 2 fully saturated rings. The Morgan fingerprint density at radius 3 is 2.29 bits per heavy atom. The van der Waals surface area contributed by atoms with Crippen LogP contribution in [0.3, 0.4) is 0 Å². The van der Waals surface area contributed by atoms with Crippen LogP contribution >= 0.6 is 0 Å². The Balaban J connectivity index is 2.12. The molecule has 0 bridgehead atoms. The fraction of sp³-hybridized carbons (Fsp3) is 0.636. The van der Waals surface area contributed by atoms with E-state index in [9.17, 15) is 9.59 Å². The highest BCUT2D eigenvalue weighted by atomic mass is 16.2. The number of hydrogen-bond donors (Lipinski definition) is 0. The van der Waals surface area contributed by atoms with Gasteiger partial charge in [-0.05, 0) is 12.8 Å². The van der Waals surface area contributed by atoms with Crippen molar-refractivity contribution in [1.29, 1.82) is 0 Å². The largest absolute Gasteiger partial charge is 0.275 e. The van der Waals surface area contributed by atoms with Gasteiger partial charge in [-0.25, -0.2) is 0 Å². The maximum absolute atomic E-state index is 11.6. The molecule has 0 aromatic rings. The maximum atomic E-state index is 11.6. The minimum absolute atomic E-state index is 0.0492. The summed E-state index contributed by atoms with van der Waals surface area (Å²) in [4.78, 5) is 24.6. The summed E-state index contributed by atoms with van der Waals surface area (Å²) in [5.41, 5.74) is 0.459. The smallest absolute Gasteiger partial charge is 0.256 e. The summed E-state index contributed by atoms with van der Waals surface area (Å²) >= 11 is 0. The molecule has 14 heavy (non-hydrogen) atoms. The van der Waals surface area contributed by atoms with Crippen LogP contribution in [0.2, 0.25) is 0 Å². The molecule has 2 aliphatic rings. The van der Waals surface area contributed by atoms with Crippen LogP contribution < -0.4 is 0 Å². The van der Waals surface area contributed by atoms with Crippen LogP contribution in [0.15, 0.2) is 12.2 Å². The molecule has 1 saturated heterocycles. The molecule has 2 rings (SSSR count). The number of amides is 2. The molecule has 0 aromatic heterocycles. The molecule has 0 N–H and O–H groups in total. The van der Waals surface area contributed by atoms with Gasteiger partial charge in [0.2, 0.25) is 5.91 Å². The third kappa shape index (κ3) is 1.47. The Labute approximate surface area is 83.8 Å². The third-order valence-corrected chi connectivity index (χ3v) is 3.09. The van der Waals surface area contributed by atoms with Gasteiger partial charge >= 0.3 is 0 Å². The number of rotatable bonds is 1. The van der Waals surface area contributed by atoms with Gasteiger partial charge in [-0.15, -0.1) is 0 Å². The van der Waals surface area contributed by atoms with E-state index < -0.39 is 0 Å². The summed E-state index contributed by atoms with van der Waals surface area (Å²) in [6.45, 7) is 3.62. The van der Waals surface area contributed by atoms with Gasteiger partial charge in [-0.2, -0.15) is 0 Å². The Morgan fingerprint density at radius 2 is 1.79 bits per heavy atom. The van der Waals surface area contributed by atoms with Crippen LogP contribution in [0, 0.1) is 0 Å². The summed E-state index contributed by atoms with van der Waals surface area (Å²) in [6.07, 6.45) is 5.68. The van der Waals surface area contributed by atoms with E-state index in [0.717, 1.165) is 25.7 Å². The number of carbonyl (C=O) groups excluding carboxylic acids is 2. The topological polar surface area (TPSA) is 37.4 Å². The van der Waals surface area contributed by atoms with Crippen molar-refractivity contribution in [2.24, 2.45) is 0 Å². The molecule has 0 radical (unpaired) electrons. The molecule has 0 atom stereocenters. The fourth-order valence-electron chi connectivity index (χ4n) is 2.34. The Hall–Kier alpha value is -1.12. The highest BCUT2D eigenvalue weighted by Crippen LogP contribution is 2.28. The van der Waals surface area contributed by atoms with Crippen LogP contribution in [-0.2, 0) is 9.59 Å². The summed E-state index contributed by atoms with van der Waals surface area (Å²) in [5.74, 6) is -0.186. The standard InChI is InChI=1S/C11H15NO2/c1-8-7-10(13)12(11(8)14)9-5-3-2-4-6-9/h9H,1-7H2. The van der Waals surface area contributed by atoms with Crippen LogP contribution in [0.1, 0.15) is 38.5 Å². The molecule has 0 aromatic carbocycles. The van der Waals surface area contributed by atoms with Gasteiger partial charge in [0.15, 0.2) is 0 Å². The van der Waals surface area contributed by atoms with Crippen molar-refractivity contribution in [1.82, 2.24) is 4.90 Å². The summed E-state index contributed by atoms with van der Waals surface area (Å²) in [5, 5.41) is 0. The van der Waals surface area contributed by atoms with Gasteiger partial charge in [0.25, 0.3) is 5.91 Å². The van der Waals surface area contributed by atoms with Crippen molar-refractivity contribution in [2.45, 2.75) is 44.6 Å². The Bertz CT molecular complexity index is 290. The van der Waals surface area contributed by atoms with Crippen molar-refractivity contribution in [2.75, 3.05) is 0 Å². The second-order valence-corrected chi connectivity index (χ2v) is 4.14. The van der Waals surface area contributed by atoms with Crippen molar-refractivity contribution in [3.8, 4) is 0 Å². The second-order valence-electron chi connectivity index (χ2n) is 4.14. The molecule has 2 amide bonds. The number of likely N-dealkylation sites (tertiary alicyclic amines) is 1. The van der Waals surface area contributed by atoms with E-state index in [4.69, 9.17) is 0 Å². The number of carbonyl (C=O) groups is 2. The van der Waals surface area contributed by atoms with Gasteiger partial charge in [0.1, 0.15) is 0 Å². The highest BCUT2D eigenvalue weighted by Gasteiger charge is 2.37. The van der Waals surface area contributed by atoms with Crippen LogP contribution in [0.5, 0.6) is 0 Å². The molecular weight excluding hydrogens is 178 g/mol. The lowest BCUT2D eigenvalue weighted by molar-refractivity contribution is -0.141. The van der Waals surface area contributed by atoms with Crippen molar-refractivity contribution < 1.29 is 9.59 Å². The van der Waals surface area contributed by atoms with E-state index in [-0.39, 0.29) is 24.3 Å². The monoisotopic (exact) mass is 193 g/mol. The fourth-order valence-corrected chi connectivity index (χ4v) is 2.34. The zero-order valence-corrected chi connectivity index (χ0v) is 8.29. The average Bonchev–Trinajstić information content (AvgIpc) is 2.43. The Kier molecular flexibility index (Phi) is 2.40. The van der Waals surface area contributed by atoms with Crippen molar-refractivity contribution in [3.63, 3.8) is 0 Å².